The fourth-order valence-corrected chi connectivity index (χ4v) is 1.91. The van der Waals surface area contributed by atoms with Crippen molar-refractivity contribution in [2.45, 2.75) is 45.1 Å². The maximum atomic E-state index is 10.8. The zero-order valence-electron chi connectivity index (χ0n) is 9.11. The molecule has 3 N–H and O–H groups in total. The van der Waals surface area contributed by atoms with Gasteiger partial charge in [0.1, 0.15) is 0 Å². The Morgan fingerprint density at radius 1 is 1.60 bits per heavy atom. The molecule has 1 aliphatic rings. The van der Waals surface area contributed by atoms with E-state index in [1.54, 1.807) is 0 Å². The number of carboxylic acid groups (broad SMARTS) is 1. The molecule has 0 amide bonds. The molecule has 4 heteroatoms. The second kappa shape index (κ2) is 6.85. The Hall–Kier alpha value is -0.540. The minimum absolute atomic E-state index is 0. The molecule has 0 radical (unpaired) electrons. The van der Waals surface area contributed by atoms with Crippen LogP contribution in [0.2, 0.25) is 0 Å². The van der Waals surface area contributed by atoms with Crippen LogP contribution in [0.15, 0.2) is 11.6 Å². The van der Waals surface area contributed by atoms with E-state index >= 15 is 0 Å². The number of unbranched alkanes of at least 4 members (excludes halogenated alkanes) is 2. The van der Waals surface area contributed by atoms with Gasteiger partial charge in [-0.05, 0) is 19.3 Å². The summed E-state index contributed by atoms with van der Waals surface area (Å²) in [7, 11) is 0. The van der Waals surface area contributed by atoms with E-state index in [9.17, 15) is 4.79 Å². The van der Waals surface area contributed by atoms with Crippen LogP contribution >= 0.6 is 12.4 Å². The summed E-state index contributed by atoms with van der Waals surface area (Å²) >= 11 is 0. The summed E-state index contributed by atoms with van der Waals surface area (Å²) in [5, 5.41) is 8.87. The fraction of sp³-hybridized carbons (Fsp3) is 0.727. The summed E-state index contributed by atoms with van der Waals surface area (Å²) < 4.78 is 0. The summed E-state index contributed by atoms with van der Waals surface area (Å²) in [6.45, 7) is 2.15. The van der Waals surface area contributed by atoms with Gasteiger partial charge in [0.05, 0.1) is 5.92 Å². The summed E-state index contributed by atoms with van der Waals surface area (Å²) in [6, 6.07) is -0.180. The van der Waals surface area contributed by atoms with E-state index in [-0.39, 0.29) is 24.4 Å². The number of carbonyl (C=O) groups is 1. The highest BCUT2D eigenvalue weighted by Gasteiger charge is 2.32. The standard InChI is InChI=1S/C11H19NO2.ClH/c1-2-3-4-5-8-6-9(11(13)14)10(12)7-8;/h5,9-10H,2-4,6-7,12H2,1H3,(H,13,14);1H/b8-5+;/t9-,10+;/m1./s1. The maximum Gasteiger partial charge on any atom is 0.308 e. The van der Waals surface area contributed by atoms with Gasteiger partial charge in [0, 0.05) is 6.04 Å². The third kappa shape index (κ3) is 4.22. The summed E-state index contributed by atoms with van der Waals surface area (Å²) in [5.74, 6) is -1.11. The van der Waals surface area contributed by atoms with Crippen LogP contribution < -0.4 is 5.73 Å². The van der Waals surface area contributed by atoms with Crippen molar-refractivity contribution in [3.8, 4) is 0 Å². The molecule has 1 fully saturated rings. The van der Waals surface area contributed by atoms with E-state index in [1.165, 1.54) is 18.4 Å². The van der Waals surface area contributed by atoms with Gasteiger partial charge in [0.2, 0.25) is 0 Å². The first-order valence-electron chi connectivity index (χ1n) is 5.31. The monoisotopic (exact) mass is 233 g/mol. The van der Waals surface area contributed by atoms with E-state index in [2.05, 4.69) is 13.0 Å². The fourth-order valence-electron chi connectivity index (χ4n) is 1.91. The van der Waals surface area contributed by atoms with Gasteiger partial charge < -0.3 is 10.8 Å². The van der Waals surface area contributed by atoms with Crippen molar-refractivity contribution < 1.29 is 9.90 Å². The Morgan fingerprint density at radius 2 is 2.27 bits per heavy atom. The van der Waals surface area contributed by atoms with Crippen molar-refractivity contribution in [3.63, 3.8) is 0 Å². The minimum atomic E-state index is -0.753. The largest absolute Gasteiger partial charge is 0.481 e. The number of nitrogens with two attached hydrogens (primary N) is 1. The molecule has 1 saturated carbocycles. The van der Waals surface area contributed by atoms with Crippen molar-refractivity contribution in [2.24, 2.45) is 11.7 Å². The van der Waals surface area contributed by atoms with E-state index in [1.807, 2.05) is 0 Å². The van der Waals surface area contributed by atoms with Gasteiger partial charge in [-0.3, -0.25) is 4.79 Å². The van der Waals surface area contributed by atoms with Crippen LogP contribution in [0.1, 0.15) is 39.0 Å². The number of halogens is 1. The second-order valence-corrected chi connectivity index (χ2v) is 4.02. The van der Waals surface area contributed by atoms with Crippen LogP contribution in [0.4, 0.5) is 0 Å². The Labute approximate surface area is 97.1 Å². The van der Waals surface area contributed by atoms with Crippen LogP contribution in [0.5, 0.6) is 0 Å². The van der Waals surface area contributed by atoms with Crippen LogP contribution in [-0.4, -0.2) is 17.1 Å². The molecule has 15 heavy (non-hydrogen) atoms. The Balaban J connectivity index is 0.00000196. The van der Waals surface area contributed by atoms with Gasteiger partial charge >= 0.3 is 5.97 Å². The van der Waals surface area contributed by atoms with Gasteiger partial charge in [-0.15, -0.1) is 12.4 Å². The molecule has 0 unspecified atom stereocenters. The highest BCUT2D eigenvalue weighted by atomic mass is 35.5. The summed E-state index contributed by atoms with van der Waals surface area (Å²) in [4.78, 5) is 10.8. The number of hydrogen-bond acceptors (Lipinski definition) is 2. The van der Waals surface area contributed by atoms with Gasteiger partial charge in [0.25, 0.3) is 0 Å². The molecule has 0 aliphatic heterocycles. The molecule has 1 rings (SSSR count). The van der Waals surface area contributed by atoms with E-state index in [0.29, 0.717) is 6.42 Å². The lowest BCUT2D eigenvalue weighted by molar-refractivity contribution is -0.141. The van der Waals surface area contributed by atoms with Crippen molar-refractivity contribution in [2.75, 3.05) is 0 Å². The lowest BCUT2D eigenvalue weighted by atomic mass is 10.1. The predicted octanol–water partition coefficient (Wildman–Crippen LogP) is 2.35. The molecule has 0 heterocycles. The molecule has 0 saturated heterocycles. The van der Waals surface area contributed by atoms with E-state index in [0.717, 1.165) is 12.8 Å². The molecule has 88 valence electrons. The number of aliphatic carboxylic acids is 1. The first kappa shape index (κ1) is 14.5. The number of rotatable bonds is 4. The third-order valence-corrected chi connectivity index (χ3v) is 2.80. The first-order valence-corrected chi connectivity index (χ1v) is 5.31. The quantitative estimate of drug-likeness (QED) is 0.579. The van der Waals surface area contributed by atoms with Gasteiger partial charge in [-0.25, -0.2) is 0 Å². The average molecular weight is 234 g/mol. The second-order valence-electron chi connectivity index (χ2n) is 4.02. The molecular weight excluding hydrogens is 214 g/mol. The third-order valence-electron chi connectivity index (χ3n) is 2.80. The molecule has 1 aliphatic carbocycles. The Bertz CT molecular complexity index is 241. The van der Waals surface area contributed by atoms with Crippen molar-refractivity contribution >= 4 is 18.4 Å². The summed E-state index contributed by atoms with van der Waals surface area (Å²) in [5.41, 5.74) is 6.99. The van der Waals surface area contributed by atoms with E-state index < -0.39 is 5.97 Å². The number of hydrogen-bond donors (Lipinski definition) is 2. The van der Waals surface area contributed by atoms with Crippen molar-refractivity contribution in [3.05, 3.63) is 11.6 Å². The van der Waals surface area contributed by atoms with Gasteiger partial charge in [-0.1, -0.05) is 31.4 Å². The molecule has 2 atom stereocenters. The molecule has 0 aromatic heterocycles. The lowest BCUT2D eigenvalue weighted by Gasteiger charge is -2.07. The number of carboxylic acids is 1. The van der Waals surface area contributed by atoms with Gasteiger partial charge in [0.15, 0.2) is 0 Å². The maximum absolute atomic E-state index is 10.8. The Morgan fingerprint density at radius 3 is 2.73 bits per heavy atom. The zero-order valence-corrected chi connectivity index (χ0v) is 9.93. The predicted molar refractivity (Wildman–Crippen MR) is 63.2 cm³/mol. The SMILES string of the molecule is CCCC/C=C1/C[C@H](N)[C@H](C(=O)O)C1.Cl. The first-order chi connectivity index (χ1) is 6.65. The Kier molecular flexibility index (Phi) is 6.61. The van der Waals surface area contributed by atoms with Crippen LogP contribution in [0.3, 0.4) is 0 Å². The van der Waals surface area contributed by atoms with Crippen LogP contribution in [-0.2, 0) is 4.79 Å². The molecule has 0 bridgehead atoms. The minimum Gasteiger partial charge on any atom is -0.481 e. The van der Waals surface area contributed by atoms with Crippen LogP contribution in [0, 0.1) is 5.92 Å². The molecule has 3 nitrogen and oxygen atoms in total. The molecular formula is C11H20ClNO2. The summed E-state index contributed by atoms with van der Waals surface area (Å²) in [6.07, 6.45) is 7.01. The van der Waals surface area contributed by atoms with Gasteiger partial charge in [-0.2, -0.15) is 0 Å². The smallest absolute Gasteiger partial charge is 0.308 e. The normalized spacial score (nSPS) is 27.7. The van der Waals surface area contributed by atoms with Crippen molar-refractivity contribution in [1.82, 2.24) is 0 Å². The number of allylic oxidation sites excluding steroid dienone is 1. The molecule has 0 aromatic carbocycles. The lowest BCUT2D eigenvalue weighted by Crippen LogP contribution is -2.30. The molecule has 0 aromatic rings. The average Bonchev–Trinajstić information content (AvgIpc) is 2.47. The highest BCUT2D eigenvalue weighted by Crippen LogP contribution is 2.30. The van der Waals surface area contributed by atoms with Crippen molar-refractivity contribution in [1.29, 1.82) is 0 Å². The highest BCUT2D eigenvalue weighted by molar-refractivity contribution is 5.85. The topological polar surface area (TPSA) is 63.3 Å². The molecule has 0 spiro atoms. The van der Waals surface area contributed by atoms with Crippen LogP contribution in [0.25, 0.3) is 0 Å². The van der Waals surface area contributed by atoms with E-state index in [4.69, 9.17) is 10.8 Å². The zero-order chi connectivity index (χ0) is 10.6.